The number of amides is 1. The number of H-pyrrole nitrogens is 1. The Morgan fingerprint density at radius 3 is 2.53 bits per heavy atom. The van der Waals surface area contributed by atoms with Crippen molar-refractivity contribution in [1.29, 1.82) is 0 Å². The second kappa shape index (κ2) is 9.90. The molecular weight excluding hydrogens is 460 g/mol. The van der Waals surface area contributed by atoms with Crippen LogP contribution >= 0.6 is 0 Å². The van der Waals surface area contributed by atoms with E-state index in [0.29, 0.717) is 48.8 Å². The first-order valence-corrected chi connectivity index (χ1v) is 12.0. The highest BCUT2D eigenvalue weighted by Crippen LogP contribution is 2.24. The Morgan fingerprint density at radius 1 is 1.06 bits per heavy atom. The molecule has 0 saturated carbocycles. The van der Waals surface area contributed by atoms with Gasteiger partial charge in [0.1, 0.15) is 0 Å². The molecule has 2 aromatic carbocycles. The van der Waals surface area contributed by atoms with Gasteiger partial charge in [-0.3, -0.25) is 24.0 Å². The van der Waals surface area contributed by atoms with Gasteiger partial charge in [0, 0.05) is 44.7 Å². The second-order valence-corrected chi connectivity index (χ2v) is 9.09. The van der Waals surface area contributed by atoms with Gasteiger partial charge < -0.3 is 9.42 Å². The fraction of sp³-hybridized carbons (Fsp3) is 0.346. The summed E-state index contributed by atoms with van der Waals surface area (Å²) >= 11 is 0. The summed E-state index contributed by atoms with van der Waals surface area (Å²) in [6.45, 7) is 6.76. The van der Waals surface area contributed by atoms with Crippen LogP contribution in [0.4, 0.5) is 0 Å². The molecule has 10 nitrogen and oxygen atoms in total. The van der Waals surface area contributed by atoms with Crippen LogP contribution in [0.1, 0.15) is 30.8 Å². The predicted octanol–water partition coefficient (Wildman–Crippen LogP) is 2.34. The summed E-state index contributed by atoms with van der Waals surface area (Å²) in [7, 11) is 0. The maximum absolute atomic E-state index is 12.9. The molecule has 186 valence electrons. The summed E-state index contributed by atoms with van der Waals surface area (Å²) in [5.74, 6) is 1.09. The Hall–Kier alpha value is -4.05. The van der Waals surface area contributed by atoms with Gasteiger partial charge in [-0.05, 0) is 26.0 Å². The van der Waals surface area contributed by atoms with Gasteiger partial charge in [0.15, 0.2) is 0 Å². The van der Waals surface area contributed by atoms with Crippen molar-refractivity contribution in [3.8, 4) is 11.4 Å². The number of hydrogen-bond acceptors (Lipinski definition) is 7. The zero-order valence-corrected chi connectivity index (χ0v) is 20.3. The normalized spacial score (nSPS) is 15.3. The number of carbonyl (C=O) groups is 1. The zero-order valence-electron chi connectivity index (χ0n) is 20.3. The molecule has 1 fully saturated rings. The first-order chi connectivity index (χ1) is 17.4. The lowest BCUT2D eigenvalue weighted by Gasteiger charge is -2.36. The Balaban J connectivity index is 1.18. The zero-order chi connectivity index (χ0) is 25.2. The number of piperazine rings is 1. The Morgan fingerprint density at radius 2 is 1.78 bits per heavy atom. The maximum Gasteiger partial charge on any atom is 0.328 e. The van der Waals surface area contributed by atoms with Crippen LogP contribution in [-0.4, -0.2) is 61.6 Å². The van der Waals surface area contributed by atoms with E-state index >= 15 is 0 Å². The molecule has 1 amide bonds. The molecule has 1 atom stereocenters. The van der Waals surface area contributed by atoms with Crippen LogP contribution < -0.4 is 11.2 Å². The van der Waals surface area contributed by atoms with Crippen molar-refractivity contribution < 1.29 is 9.32 Å². The van der Waals surface area contributed by atoms with Gasteiger partial charge in [-0.1, -0.05) is 47.1 Å². The SMILES string of the molecule is Cc1ccc(-c2noc(C(C)N3CCN(C(=O)CCn4c(=O)[nH]c(=O)c5ccccc54)CC3)n2)cc1. The molecule has 4 aromatic rings. The topological polar surface area (TPSA) is 117 Å². The summed E-state index contributed by atoms with van der Waals surface area (Å²) in [4.78, 5) is 48.3. The van der Waals surface area contributed by atoms with Crippen molar-refractivity contribution in [3.05, 3.63) is 80.8 Å². The summed E-state index contributed by atoms with van der Waals surface area (Å²) in [5.41, 5.74) is 1.68. The highest BCUT2D eigenvalue weighted by Gasteiger charge is 2.28. The minimum Gasteiger partial charge on any atom is -0.340 e. The average Bonchev–Trinajstić information content (AvgIpc) is 3.39. The number of fused-ring (bicyclic) bond motifs is 1. The van der Waals surface area contributed by atoms with Crippen molar-refractivity contribution in [1.82, 2.24) is 29.5 Å². The smallest absolute Gasteiger partial charge is 0.328 e. The molecule has 10 heteroatoms. The third kappa shape index (κ3) is 4.72. The van der Waals surface area contributed by atoms with Crippen LogP contribution in [0.3, 0.4) is 0 Å². The van der Waals surface area contributed by atoms with Gasteiger partial charge in [-0.15, -0.1) is 0 Å². The van der Waals surface area contributed by atoms with Crippen molar-refractivity contribution in [2.45, 2.75) is 32.9 Å². The molecule has 0 bridgehead atoms. The first-order valence-electron chi connectivity index (χ1n) is 12.0. The fourth-order valence-electron chi connectivity index (χ4n) is 4.57. The van der Waals surface area contributed by atoms with Crippen molar-refractivity contribution in [3.63, 3.8) is 0 Å². The molecule has 36 heavy (non-hydrogen) atoms. The van der Waals surface area contributed by atoms with Gasteiger partial charge >= 0.3 is 5.69 Å². The summed E-state index contributed by atoms with van der Waals surface area (Å²) in [5, 5.41) is 4.56. The molecule has 1 aliphatic heterocycles. The number of para-hydroxylation sites is 1. The average molecular weight is 489 g/mol. The monoisotopic (exact) mass is 488 g/mol. The van der Waals surface area contributed by atoms with Crippen LogP contribution in [-0.2, 0) is 11.3 Å². The summed E-state index contributed by atoms with van der Waals surface area (Å²) in [6.07, 6.45) is 0.176. The quantitative estimate of drug-likeness (QED) is 0.443. The number of nitrogens with zero attached hydrogens (tertiary/aromatic N) is 5. The number of rotatable bonds is 6. The number of aromatic amines is 1. The lowest BCUT2D eigenvalue weighted by molar-refractivity contribution is -0.133. The van der Waals surface area contributed by atoms with E-state index in [9.17, 15) is 14.4 Å². The van der Waals surface area contributed by atoms with Crippen molar-refractivity contribution in [2.75, 3.05) is 26.2 Å². The maximum atomic E-state index is 12.9. The molecular formula is C26H28N6O4. The number of hydrogen-bond donors (Lipinski definition) is 1. The van der Waals surface area contributed by atoms with E-state index in [-0.39, 0.29) is 24.9 Å². The van der Waals surface area contributed by atoms with E-state index in [1.54, 1.807) is 24.3 Å². The molecule has 3 heterocycles. The molecule has 0 radical (unpaired) electrons. The minimum absolute atomic E-state index is 0.0241. The Kier molecular flexibility index (Phi) is 6.51. The first kappa shape index (κ1) is 23.7. The Labute approximate surface area is 207 Å². The van der Waals surface area contributed by atoms with Gasteiger partial charge in [-0.2, -0.15) is 4.98 Å². The van der Waals surface area contributed by atoms with Crippen LogP contribution in [0.25, 0.3) is 22.3 Å². The van der Waals surface area contributed by atoms with E-state index in [4.69, 9.17) is 4.52 Å². The van der Waals surface area contributed by atoms with Crippen molar-refractivity contribution >= 4 is 16.8 Å². The predicted molar refractivity (Wildman–Crippen MR) is 134 cm³/mol. The molecule has 1 N–H and O–H groups in total. The number of carbonyl (C=O) groups excluding carboxylic acids is 1. The van der Waals surface area contributed by atoms with Crippen LogP contribution in [0.5, 0.6) is 0 Å². The molecule has 0 spiro atoms. The second-order valence-electron chi connectivity index (χ2n) is 9.09. The highest BCUT2D eigenvalue weighted by atomic mass is 16.5. The molecule has 1 aliphatic rings. The van der Waals surface area contributed by atoms with E-state index in [2.05, 4.69) is 20.0 Å². The number of aromatic nitrogens is 4. The van der Waals surface area contributed by atoms with Gasteiger partial charge in [0.05, 0.1) is 16.9 Å². The molecule has 1 unspecified atom stereocenters. The number of aryl methyl sites for hydroxylation is 2. The molecule has 5 rings (SSSR count). The standard InChI is InChI=1S/C26H28N6O4/c1-17-7-9-19(10-8-17)23-27-25(36-29-23)18(2)30-13-15-31(16-14-30)22(33)11-12-32-21-6-4-3-5-20(21)24(34)28-26(32)35/h3-10,18H,11-16H2,1-2H3,(H,28,34,35). The lowest BCUT2D eigenvalue weighted by atomic mass is 10.1. The molecule has 2 aromatic heterocycles. The van der Waals surface area contributed by atoms with Gasteiger partial charge in [0.25, 0.3) is 5.56 Å². The number of benzene rings is 2. The fourth-order valence-corrected chi connectivity index (χ4v) is 4.57. The third-order valence-electron chi connectivity index (χ3n) is 6.78. The number of nitrogens with one attached hydrogen (secondary N) is 1. The highest BCUT2D eigenvalue weighted by molar-refractivity contribution is 5.79. The van der Waals surface area contributed by atoms with Crippen LogP contribution in [0, 0.1) is 6.92 Å². The minimum atomic E-state index is -0.505. The van der Waals surface area contributed by atoms with E-state index in [1.807, 2.05) is 43.0 Å². The lowest BCUT2D eigenvalue weighted by Crippen LogP contribution is -2.49. The third-order valence-corrected chi connectivity index (χ3v) is 6.78. The largest absolute Gasteiger partial charge is 0.340 e. The molecule has 0 aliphatic carbocycles. The van der Waals surface area contributed by atoms with Crippen LogP contribution in [0.15, 0.2) is 62.6 Å². The van der Waals surface area contributed by atoms with E-state index in [1.165, 1.54) is 10.1 Å². The van der Waals surface area contributed by atoms with Crippen LogP contribution in [0.2, 0.25) is 0 Å². The Bertz CT molecular complexity index is 1500. The van der Waals surface area contributed by atoms with E-state index in [0.717, 1.165) is 5.56 Å². The van der Waals surface area contributed by atoms with E-state index < -0.39 is 11.2 Å². The summed E-state index contributed by atoms with van der Waals surface area (Å²) < 4.78 is 6.99. The van der Waals surface area contributed by atoms with Gasteiger partial charge in [-0.25, -0.2) is 4.79 Å². The van der Waals surface area contributed by atoms with Crippen molar-refractivity contribution in [2.24, 2.45) is 0 Å². The van der Waals surface area contributed by atoms with Gasteiger partial charge in [0.2, 0.25) is 17.6 Å². The molecule has 1 saturated heterocycles. The summed E-state index contributed by atoms with van der Waals surface area (Å²) in [6, 6.07) is 14.8.